The second kappa shape index (κ2) is 4.71. The van der Waals surface area contributed by atoms with Crippen LogP contribution >= 0.6 is 0 Å². The summed E-state index contributed by atoms with van der Waals surface area (Å²) in [6, 6.07) is 17.6. The van der Waals surface area contributed by atoms with Crippen LogP contribution in [-0.2, 0) is 0 Å². The summed E-state index contributed by atoms with van der Waals surface area (Å²) in [5.41, 5.74) is 7.57. The highest BCUT2D eigenvalue weighted by Gasteiger charge is 2.06. The molecule has 0 spiro atoms. The van der Waals surface area contributed by atoms with Crippen LogP contribution in [0.5, 0.6) is 5.75 Å². The highest BCUT2D eigenvalue weighted by Crippen LogP contribution is 2.22. The van der Waals surface area contributed by atoms with Crippen molar-refractivity contribution in [1.82, 2.24) is 0 Å². The molecule has 0 unspecified atom stereocenters. The fourth-order valence-electron chi connectivity index (χ4n) is 1.58. The van der Waals surface area contributed by atoms with Crippen LogP contribution in [0.25, 0.3) is 0 Å². The highest BCUT2D eigenvalue weighted by atomic mass is 16.5. The molecule has 0 heterocycles. The fourth-order valence-corrected chi connectivity index (χ4v) is 1.58. The van der Waals surface area contributed by atoms with Gasteiger partial charge in [-0.05, 0) is 24.6 Å². The highest BCUT2D eigenvalue weighted by molar-refractivity contribution is 5.43. The first kappa shape index (κ1) is 10.6. The molecule has 0 aliphatic heterocycles. The molecular weight excluding hydrogens is 198 g/mol. The van der Waals surface area contributed by atoms with Gasteiger partial charge in [0.25, 0.3) is 0 Å². The van der Waals surface area contributed by atoms with Gasteiger partial charge in [-0.1, -0.05) is 36.4 Å². The molecule has 16 heavy (non-hydrogen) atoms. The molecule has 0 fully saturated rings. The zero-order chi connectivity index (χ0) is 11.4. The van der Waals surface area contributed by atoms with Crippen molar-refractivity contribution in [2.75, 3.05) is 5.73 Å². The minimum absolute atomic E-state index is 0.0306. The molecule has 0 radical (unpaired) electrons. The lowest BCUT2D eigenvalue weighted by atomic mass is 10.1. The maximum Gasteiger partial charge on any atom is 0.122 e. The minimum atomic E-state index is 0.0306. The average molecular weight is 213 g/mol. The largest absolute Gasteiger partial charge is 0.486 e. The van der Waals surface area contributed by atoms with E-state index in [2.05, 4.69) is 12.1 Å². The number of ether oxygens (including phenoxy) is 1. The molecule has 0 saturated heterocycles. The van der Waals surface area contributed by atoms with Crippen LogP contribution in [0.15, 0.2) is 54.6 Å². The molecular formula is C14H15NO. The van der Waals surface area contributed by atoms with Crippen molar-refractivity contribution in [1.29, 1.82) is 0 Å². The molecule has 2 rings (SSSR count). The van der Waals surface area contributed by atoms with Gasteiger partial charge in [0.1, 0.15) is 11.9 Å². The monoisotopic (exact) mass is 213 g/mol. The second-order valence-electron chi connectivity index (χ2n) is 3.74. The van der Waals surface area contributed by atoms with Gasteiger partial charge >= 0.3 is 0 Å². The predicted octanol–water partition coefficient (Wildman–Crippen LogP) is 3.41. The number of anilines is 1. The Hall–Kier alpha value is -1.96. The lowest BCUT2D eigenvalue weighted by molar-refractivity contribution is 0.227. The van der Waals surface area contributed by atoms with Crippen molar-refractivity contribution in [3.8, 4) is 5.75 Å². The van der Waals surface area contributed by atoms with Gasteiger partial charge in [0, 0.05) is 11.8 Å². The van der Waals surface area contributed by atoms with Gasteiger partial charge in [0.15, 0.2) is 0 Å². The Morgan fingerprint density at radius 2 is 1.75 bits per heavy atom. The molecule has 0 aliphatic rings. The molecule has 0 amide bonds. The summed E-state index contributed by atoms with van der Waals surface area (Å²) in [5.74, 6) is 0.802. The van der Waals surface area contributed by atoms with Crippen molar-refractivity contribution in [2.24, 2.45) is 0 Å². The van der Waals surface area contributed by atoms with E-state index >= 15 is 0 Å². The molecule has 1 atom stereocenters. The Kier molecular flexibility index (Phi) is 3.10. The molecule has 0 saturated carbocycles. The molecule has 2 nitrogen and oxygen atoms in total. The van der Waals surface area contributed by atoms with E-state index in [1.807, 2.05) is 49.4 Å². The lowest BCUT2D eigenvalue weighted by Gasteiger charge is -2.15. The molecule has 0 aromatic heterocycles. The fraction of sp³-hybridized carbons (Fsp3) is 0.143. The van der Waals surface area contributed by atoms with Crippen molar-refractivity contribution in [3.05, 3.63) is 60.2 Å². The number of nitrogens with two attached hydrogens (primary N) is 1. The molecule has 2 aromatic carbocycles. The zero-order valence-electron chi connectivity index (χ0n) is 9.26. The van der Waals surface area contributed by atoms with Crippen molar-refractivity contribution >= 4 is 5.69 Å². The molecule has 82 valence electrons. The quantitative estimate of drug-likeness (QED) is 0.793. The van der Waals surface area contributed by atoms with E-state index in [4.69, 9.17) is 10.5 Å². The molecule has 0 aliphatic carbocycles. The Balaban J connectivity index is 2.11. The average Bonchev–Trinajstić information content (AvgIpc) is 2.30. The summed E-state index contributed by atoms with van der Waals surface area (Å²) in [7, 11) is 0. The first-order valence-electron chi connectivity index (χ1n) is 5.33. The van der Waals surface area contributed by atoms with Gasteiger partial charge in [-0.2, -0.15) is 0 Å². The zero-order valence-corrected chi connectivity index (χ0v) is 9.26. The van der Waals surface area contributed by atoms with Gasteiger partial charge < -0.3 is 10.5 Å². The van der Waals surface area contributed by atoms with Crippen LogP contribution in [-0.4, -0.2) is 0 Å². The minimum Gasteiger partial charge on any atom is -0.486 e. The Bertz CT molecular complexity index is 453. The summed E-state index contributed by atoms with van der Waals surface area (Å²) in [6.07, 6.45) is 0.0306. The van der Waals surface area contributed by atoms with Crippen molar-refractivity contribution < 1.29 is 4.74 Å². The summed E-state index contributed by atoms with van der Waals surface area (Å²) in [4.78, 5) is 0. The Morgan fingerprint density at radius 1 is 1.00 bits per heavy atom. The Labute approximate surface area is 95.7 Å². The van der Waals surface area contributed by atoms with Gasteiger partial charge in [0.2, 0.25) is 0 Å². The molecule has 0 bridgehead atoms. The van der Waals surface area contributed by atoms with Gasteiger partial charge in [0.05, 0.1) is 0 Å². The van der Waals surface area contributed by atoms with Crippen LogP contribution in [0.4, 0.5) is 5.69 Å². The maximum absolute atomic E-state index is 5.80. The van der Waals surface area contributed by atoms with Gasteiger partial charge in [-0.25, -0.2) is 0 Å². The van der Waals surface area contributed by atoms with Crippen LogP contribution < -0.4 is 10.5 Å². The van der Waals surface area contributed by atoms with E-state index in [1.165, 1.54) is 0 Å². The van der Waals surface area contributed by atoms with Crippen LogP contribution in [0, 0.1) is 0 Å². The van der Waals surface area contributed by atoms with Crippen LogP contribution in [0.2, 0.25) is 0 Å². The van der Waals surface area contributed by atoms with E-state index < -0.39 is 0 Å². The number of benzene rings is 2. The van der Waals surface area contributed by atoms with Gasteiger partial charge in [-0.15, -0.1) is 0 Å². The first-order chi connectivity index (χ1) is 7.75. The van der Waals surface area contributed by atoms with Crippen molar-refractivity contribution in [3.63, 3.8) is 0 Å². The molecule has 2 N–H and O–H groups in total. The lowest BCUT2D eigenvalue weighted by Crippen LogP contribution is -2.02. The Morgan fingerprint density at radius 3 is 2.44 bits per heavy atom. The first-order valence-corrected chi connectivity index (χ1v) is 5.33. The third-order valence-electron chi connectivity index (χ3n) is 2.44. The standard InChI is InChI=1S/C14H15NO/c1-11(12-6-3-2-4-7-12)16-14-9-5-8-13(15)10-14/h2-11H,15H2,1H3/t11-/m0/s1. The van der Waals surface area contributed by atoms with Gasteiger partial charge in [-0.3, -0.25) is 0 Å². The van der Waals surface area contributed by atoms with Crippen molar-refractivity contribution in [2.45, 2.75) is 13.0 Å². The van der Waals surface area contributed by atoms with E-state index in [-0.39, 0.29) is 6.10 Å². The topological polar surface area (TPSA) is 35.2 Å². The van der Waals surface area contributed by atoms with E-state index in [0.29, 0.717) is 0 Å². The SMILES string of the molecule is C[C@H](Oc1cccc(N)c1)c1ccccc1. The van der Waals surface area contributed by atoms with E-state index in [0.717, 1.165) is 17.0 Å². The van der Waals surface area contributed by atoms with Crippen LogP contribution in [0.1, 0.15) is 18.6 Å². The smallest absolute Gasteiger partial charge is 0.122 e. The number of hydrogen-bond acceptors (Lipinski definition) is 2. The number of hydrogen-bond donors (Lipinski definition) is 1. The second-order valence-corrected chi connectivity index (χ2v) is 3.74. The number of rotatable bonds is 3. The number of nitrogen functional groups attached to an aromatic ring is 1. The third kappa shape index (κ3) is 2.54. The summed E-state index contributed by atoms with van der Waals surface area (Å²) in [5, 5.41) is 0. The van der Waals surface area contributed by atoms with E-state index in [1.54, 1.807) is 0 Å². The summed E-state index contributed by atoms with van der Waals surface area (Å²) < 4.78 is 5.80. The van der Waals surface area contributed by atoms with E-state index in [9.17, 15) is 0 Å². The summed E-state index contributed by atoms with van der Waals surface area (Å²) >= 11 is 0. The normalized spacial score (nSPS) is 12.1. The predicted molar refractivity (Wildman–Crippen MR) is 66.3 cm³/mol. The van der Waals surface area contributed by atoms with Crippen LogP contribution in [0.3, 0.4) is 0 Å². The third-order valence-corrected chi connectivity index (χ3v) is 2.44. The maximum atomic E-state index is 5.80. The molecule has 2 aromatic rings. The molecule has 2 heteroatoms. The summed E-state index contributed by atoms with van der Waals surface area (Å²) in [6.45, 7) is 2.03.